The number of fused-ring (bicyclic) bond motifs is 1. The second-order valence-corrected chi connectivity index (χ2v) is 17.1. The van der Waals surface area contributed by atoms with E-state index in [0.29, 0.717) is 56.1 Å². The molecule has 0 aliphatic rings. The van der Waals surface area contributed by atoms with Gasteiger partial charge in [0.05, 0.1) is 33.5 Å². The van der Waals surface area contributed by atoms with Crippen LogP contribution in [-0.2, 0) is 31.9 Å². The molecule has 2 aromatic heterocycles. The van der Waals surface area contributed by atoms with Crippen LogP contribution in [0.4, 0.5) is 0 Å². The number of hydrogen-bond donors (Lipinski definition) is 0. The van der Waals surface area contributed by atoms with Gasteiger partial charge in [0.1, 0.15) is 5.82 Å². The van der Waals surface area contributed by atoms with Crippen molar-refractivity contribution < 1.29 is 47.7 Å². The number of nitrogens with zero attached hydrogens (tertiary/aromatic N) is 3. The molecule has 0 radical (unpaired) electrons. The minimum absolute atomic E-state index is 0. The minimum Gasteiger partial charge on any atom is -0.665 e. The van der Waals surface area contributed by atoms with E-state index in [0.717, 1.165) is 33.4 Å². The SMILES string of the molecule is [2H]c1c([2H])c(C(C([2H])([2H])[2H])(C([2H])([2H])[2H])C([2H])([2H])[2H])c([2H])c([2H])c1-c1ccnc(-c2[c-]c(-c3cccc4c3nc(-c3cc(C)cc(C)c3O[CH2-])n4-c3ccc(C([2H])([2H])[2H])cc3-c3ccc(C(C)(C)C)cc3)cc(-c3ccccc3)c2)c1.[Pt+2]. The second kappa shape index (κ2) is 17.9. The zero-order chi connectivity index (χ0) is 58.4. The molecule has 9 aromatic rings. The van der Waals surface area contributed by atoms with Crippen molar-refractivity contribution in [3.05, 3.63) is 199 Å². The Kier molecular flexibility index (Phi) is 8.05. The Hall–Kier alpha value is -6.35. The Bertz CT molecular complexity index is 3810. The molecule has 0 saturated carbocycles. The Balaban J connectivity index is 0.00000860. The van der Waals surface area contributed by atoms with Crippen LogP contribution in [0.1, 0.15) is 91.1 Å². The van der Waals surface area contributed by atoms with E-state index in [4.69, 9.17) is 31.7 Å². The van der Waals surface area contributed by atoms with Gasteiger partial charge in [0.2, 0.25) is 0 Å². The third-order valence-corrected chi connectivity index (χ3v) is 11.4. The van der Waals surface area contributed by atoms with E-state index in [9.17, 15) is 0 Å². The van der Waals surface area contributed by atoms with E-state index in [2.05, 4.69) is 38.9 Å². The average Bonchev–Trinajstić information content (AvgIpc) is 3.93. The van der Waals surface area contributed by atoms with Crippen molar-refractivity contribution in [1.29, 1.82) is 0 Å². The van der Waals surface area contributed by atoms with Gasteiger partial charge < -0.3 is 4.74 Å². The topological polar surface area (TPSA) is 39.9 Å². The molecular formula is C60H55N3OPt. The van der Waals surface area contributed by atoms with E-state index in [-0.39, 0.29) is 48.9 Å². The summed E-state index contributed by atoms with van der Waals surface area (Å²) in [5, 5.41) is 0. The molecule has 5 heteroatoms. The first-order valence-electron chi connectivity index (χ1n) is 28.8. The van der Waals surface area contributed by atoms with E-state index >= 15 is 0 Å². The van der Waals surface area contributed by atoms with Crippen LogP contribution in [0.5, 0.6) is 5.75 Å². The number of imidazole rings is 1. The smallest absolute Gasteiger partial charge is 0.665 e. The molecule has 326 valence electrons. The van der Waals surface area contributed by atoms with Gasteiger partial charge in [-0.05, 0) is 106 Å². The summed E-state index contributed by atoms with van der Waals surface area (Å²) in [7, 11) is 3.83. The average molecular weight is 1050 g/mol. The molecule has 0 aliphatic carbocycles. The first kappa shape index (κ1) is 29.2. The van der Waals surface area contributed by atoms with Gasteiger partial charge in [0.15, 0.2) is 0 Å². The molecule has 0 aliphatic heterocycles. The molecule has 0 saturated heterocycles. The third kappa shape index (κ3) is 9.02. The number of aryl methyl sites for hydroxylation is 3. The molecule has 0 fully saturated rings. The summed E-state index contributed by atoms with van der Waals surface area (Å²) in [6, 6.07) is 38.8. The summed E-state index contributed by atoms with van der Waals surface area (Å²) in [5.74, 6) is 0.956. The van der Waals surface area contributed by atoms with Crippen molar-refractivity contribution in [2.75, 3.05) is 0 Å². The van der Waals surface area contributed by atoms with Gasteiger partial charge in [0.25, 0.3) is 0 Å². The predicted molar refractivity (Wildman–Crippen MR) is 268 cm³/mol. The number of para-hydroxylation sites is 1. The number of rotatable bonds is 8. The number of hydrogen-bond acceptors (Lipinski definition) is 3. The Morgan fingerprint density at radius 3 is 2.08 bits per heavy atom. The maximum Gasteiger partial charge on any atom is 2.00 e. The molecule has 65 heavy (non-hydrogen) atoms. The zero-order valence-corrected chi connectivity index (χ0v) is 38.7. The van der Waals surface area contributed by atoms with Crippen molar-refractivity contribution in [3.63, 3.8) is 0 Å². The van der Waals surface area contributed by atoms with Gasteiger partial charge in [-0.3, -0.25) is 9.55 Å². The minimum atomic E-state index is -3.83. The largest absolute Gasteiger partial charge is 2.00 e. The van der Waals surface area contributed by atoms with Gasteiger partial charge in [-0.15, -0.1) is 23.8 Å². The summed E-state index contributed by atoms with van der Waals surface area (Å²) >= 11 is 0. The zero-order valence-electron chi connectivity index (χ0n) is 52.5. The van der Waals surface area contributed by atoms with Crippen molar-refractivity contribution in [3.8, 4) is 78.6 Å². The Morgan fingerprint density at radius 2 is 1.37 bits per heavy atom. The molecule has 4 nitrogen and oxygen atoms in total. The molecule has 0 bridgehead atoms. The van der Waals surface area contributed by atoms with Gasteiger partial charge >= 0.3 is 21.1 Å². The van der Waals surface area contributed by atoms with E-state index in [1.807, 2.05) is 115 Å². The van der Waals surface area contributed by atoms with Gasteiger partial charge in [-0.1, -0.05) is 173 Å². The number of pyridine rings is 1. The van der Waals surface area contributed by atoms with Crippen LogP contribution in [0.3, 0.4) is 0 Å². The maximum atomic E-state index is 9.16. The predicted octanol–water partition coefficient (Wildman–Crippen LogP) is 15.9. The molecule has 7 aromatic carbocycles. The quantitative estimate of drug-likeness (QED) is 0.142. The van der Waals surface area contributed by atoms with Crippen molar-refractivity contribution in [2.24, 2.45) is 0 Å². The first-order valence-corrected chi connectivity index (χ1v) is 20.8. The van der Waals surface area contributed by atoms with Crippen molar-refractivity contribution in [2.45, 2.75) is 72.9 Å². The summed E-state index contributed by atoms with van der Waals surface area (Å²) < 4.78 is 144. The molecule has 0 atom stereocenters. The molecule has 0 amide bonds. The van der Waals surface area contributed by atoms with Crippen molar-refractivity contribution >= 4 is 11.0 Å². The van der Waals surface area contributed by atoms with Crippen LogP contribution >= 0.6 is 0 Å². The van der Waals surface area contributed by atoms with E-state index in [1.54, 1.807) is 18.2 Å². The number of benzene rings is 7. The normalized spacial score (nSPS) is 16.1. The monoisotopic (exact) mass is 1040 g/mol. The fraction of sp³-hybridized carbons (Fsp3) is 0.183. The maximum absolute atomic E-state index is 9.16. The fourth-order valence-corrected chi connectivity index (χ4v) is 8.19. The van der Waals surface area contributed by atoms with Gasteiger partial charge in [-0.2, -0.15) is 7.11 Å². The summed E-state index contributed by atoms with van der Waals surface area (Å²) in [6.07, 6.45) is 1.39. The van der Waals surface area contributed by atoms with Gasteiger partial charge in [0, 0.05) is 33.9 Å². The summed E-state index contributed by atoms with van der Waals surface area (Å²) in [5.41, 5.74) is 4.79. The number of aromatic nitrogens is 3. The third-order valence-electron chi connectivity index (χ3n) is 11.4. The summed E-state index contributed by atoms with van der Waals surface area (Å²) in [4.78, 5) is 10.2. The van der Waals surface area contributed by atoms with Crippen LogP contribution in [0.2, 0.25) is 0 Å². The molecular weight excluding hydrogens is 974 g/mol. The van der Waals surface area contributed by atoms with Crippen LogP contribution < -0.4 is 4.74 Å². The Morgan fingerprint density at radius 1 is 0.631 bits per heavy atom. The van der Waals surface area contributed by atoms with E-state index in [1.165, 1.54) is 18.3 Å². The standard InChI is InChI=1S/C60H55N3O.Pt/c1-38-19-28-54(51(32-38)43-22-26-49(27-23-43)60(7,8)9)63-55-18-14-17-50(56(55)62-58(63)52-33-39(2)31-40(3)57(52)64-10)46-34-45(41-15-12-11-13-16-41)35-47(36-46)53-37-44(29-30-61-53)42-20-24-48(25-21-42)59(4,5)6;/h11-35,37H,10H2,1-9H3;/q-2;+2/i1D3,4D3,5D3,6D3,20D,21D,24D,25D;. The number of ether oxygens (including phenoxy) is 1. The van der Waals surface area contributed by atoms with Crippen LogP contribution in [0, 0.1) is 33.9 Å². The van der Waals surface area contributed by atoms with Crippen molar-refractivity contribution in [1.82, 2.24) is 14.5 Å². The molecule has 2 heterocycles. The molecule has 0 unspecified atom stereocenters. The van der Waals surface area contributed by atoms with Crippen LogP contribution in [0.15, 0.2) is 158 Å². The summed E-state index contributed by atoms with van der Waals surface area (Å²) in [6.45, 7) is -3.66. The van der Waals surface area contributed by atoms with Crippen LogP contribution in [0.25, 0.3) is 83.9 Å². The molecule has 0 spiro atoms. The second-order valence-electron chi connectivity index (χ2n) is 17.1. The molecule has 0 N–H and O–H groups in total. The first-order chi connectivity index (χ1) is 37.3. The van der Waals surface area contributed by atoms with E-state index < -0.39 is 62.6 Å². The molecule has 9 rings (SSSR count). The van der Waals surface area contributed by atoms with Gasteiger partial charge in [-0.25, -0.2) is 4.98 Å². The van der Waals surface area contributed by atoms with Crippen LogP contribution in [-0.4, -0.2) is 14.5 Å². The fourth-order valence-electron chi connectivity index (χ4n) is 8.19. The Labute approximate surface area is 422 Å².